The number of rotatable bonds is 2. The number of hydrogen-bond donors (Lipinski definition) is 1. The quantitative estimate of drug-likeness (QED) is 0.726. The summed E-state index contributed by atoms with van der Waals surface area (Å²) in [4.78, 5) is 2.22. The molecule has 1 N–H and O–H groups in total. The monoisotopic (exact) mass is 196 g/mol. The Morgan fingerprint density at radius 3 is 2.79 bits per heavy atom. The van der Waals surface area contributed by atoms with E-state index in [9.17, 15) is 5.11 Å². The molecule has 0 spiro atoms. The van der Waals surface area contributed by atoms with Crippen LogP contribution < -0.4 is 0 Å². The lowest BCUT2D eigenvalue weighted by Gasteiger charge is -2.30. The van der Waals surface area contributed by atoms with Gasteiger partial charge >= 0.3 is 0 Å². The van der Waals surface area contributed by atoms with E-state index in [4.69, 9.17) is 5.26 Å². The van der Waals surface area contributed by atoms with Crippen molar-refractivity contribution in [3.05, 3.63) is 0 Å². The molecule has 0 bridgehead atoms. The highest BCUT2D eigenvalue weighted by Gasteiger charge is 2.36. The lowest BCUT2D eigenvalue weighted by molar-refractivity contribution is -0.0120. The number of likely N-dealkylation sites (tertiary alicyclic amines) is 1. The number of aliphatic hydroxyl groups is 1. The van der Waals surface area contributed by atoms with Crippen LogP contribution in [0.3, 0.4) is 0 Å². The second kappa shape index (κ2) is 4.77. The van der Waals surface area contributed by atoms with E-state index in [1.807, 2.05) is 6.92 Å². The van der Waals surface area contributed by atoms with Crippen LogP contribution in [0.25, 0.3) is 0 Å². The standard InChI is InChI=1S/C11H20N2O/c1-3-10(9-12)11(14)5-4-7-13(2)8-6-11/h10,14H,3-8H2,1-2H3. The largest absolute Gasteiger partial charge is 0.388 e. The number of nitrogens with zero attached hydrogens (tertiary/aromatic N) is 2. The summed E-state index contributed by atoms with van der Waals surface area (Å²) < 4.78 is 0. The molecule has 1 fully saturated rings. The maximum atomic E-state index is 10.4. The van der Waals surface area contributed by atoms with E-state index in [2.05, 4.69) is 18.0 Å². The highest BCUT2D eigenvalue weighted by Crippen LogP contribution is 2.31. The SMILES string of the molecule is CCC(C#N)C1(O)CCCN(C)CC1. The Kier molecular flexibility index (Phi) is 3.91. The van der Waals surface area contributed by atoms with Crippen molar-refractivity contribution in [2.45, 2.75) is 38.2 Å². The van der Waals surface area contributed by atoms with Crippen LogP contribution in [0.15, 0.2) is 0 Å². The molecule has 0 radical (unpaired) electrons. The molecule has 0 amide bonds. The predicted octanol–water partition coefficient (Wildman–Crippen LogP) is 1.38. The lowest BCUT2D eigenvalue weighted by atomic mass is 9.81. The molecule has 0 saturated carbocycles. The Labute approximate surface area is 86.3 Å². The average molecular weight is 196 g/mol. The van der Waals surface area contributed by atoms with Crippen LogP contribution >= 0.6 is 0 Å². The fourth-order valence-electron chi connectivity index (χ4n) is 2.22. The third-order valence-electron chi connectivity index (χ3n) is 3.29. The Morgan fingerprint density at radius 2 is 2.21 bits per heavy atom. The molecule has 1 saturated heterocycles. The van der Waals surface area contributed by atoms with Crippen molar-refractivity contribution in [2.24, 2.45) is 5.92 Å². The van der Waals surface area contributed by atoms with Crippen molar-refractivity contribution < 1.29 is 5.11 Å². The molecule has 0 aliphatic carbocycles. The summed E-state index contributed by atoms with van der Waals surface area (Å²) in [7, 11) is 2.07. The van der Waals surface area contributed by atoms with Crippen LogP contribution in [0, 0.1) is 17.2 Å². The highest BCUT2D eigenvalue weighted by molar-refractivity contribution is 4.99. The van der Waals surface area contributed by atoms with Crippen molar-refractivity contribution in [1.29, 1.82) is 5.26 Å². The maximum absolute atomic E-state index is 10.4. The van der Waals surface area contributed by atoms with E-state index in [0.29, 0.717) is 0 Å². The minimum atomic E-state index is -0.742. The molecule has 80 valence electrons. The Hall–Kier alpha value is -0.590. The van der Waals surface area contributed by atoms with Gasteiger partial charge in [0.2, 0.25) is 0 Å². The third kappa shape index (κ3) is 2.46. The highest BCUT2D eigenvalue weighted by atomic mass is 16.3. The molecule has 3 nitrogen and oxygen atoms in total. The van der Waals surface area contributed by atoms with Crippen LogP contribution in [0.2, 0.25) is 0 Å². The van der Waals surface area contributed by atoms with Gasteiger partial charge in [0.05, 0.1) is 17.6 Å². The average Bonchev–Trinajstić information content (AvgIpc) is 2.32. The van der Waals surface area contributed by atoms with E-state index in [1.54, 1.807) is 0 Å². The van der Waals surface area contributed by atoms with Crippen LogP contribution in [-0.4, -0.2) is 35.7 Å². The van der Waals surface area contributed by atoms with Gasteiger partial charge in [-0.3, -0.25) is 0 Å². The molecule has 2 atom stereocenters. The van der Waals surface area contributed by atoms with Crippen molar-refractivity contribution >= 4 is 0 Å². The minimum Gasteiger partial charge on any atom is -0.388 e. The fourth-order valence-corrected chi connectivity index (χ4v) is 2.22. The molecule has 0 aromatic heterocycles. The van der Waals surface area contributed by atoms with Crippen LogP contribution in [0.4, 0.5) is 0 Å². The van der Waals surface area contributed by atoms with Crippen molar-refractivity contribution in [3.63, 3.8) is 0 Å². The molecule has 0 aromatic rings. The van der Waals surface area contributed by atoms with Gasteiger partial charge in [-0.2, -0.15) is 5.26 Å². The zero-order valence-electron chi connectivity index (χ0n) is 9.16. The smallest absolute Gasteiger partial charge is 0.0817 e. The summed E-state index contributed by atoms with van der Waals surface area (Å²) in [5.74, 6) is -0.200. The van der Waals surface area contributed by atoms with E-state index in [0.717, 1.165) is 38.8 Å². The second-order valence-electron chi connectivity index (χ2n) is 4.35. The normalized spacial score (nSPS) is 31.9. The minimum absolute atomic E-state index is 0.200. The van der Waals surface area contributed by atoms with Gasteiger partial charge in [-0.15, -0.1) is 0 Å². The molecule has 1 rings (SSSR count). The van der Waals surface area contributed by atoms with E-state index < -0.39 is 5.60 Å². The van der Waals surface area contributed by atoms with Gasteiger partial charge < -0.3 is 10.0 Å². The van der Waals surface area contributed by atoms with Crippen LogP contribution in [0.5, 0.6) is 0 Å². The molecule has 1 aliphatic rings. The van der Waals surface area contributed by atoms with Gasteiger partial charge in [-0.25, -0.2) is 0 Å². The van der Waals surface area contributed by atoms with Gasteiger partial charge in [0.25, 0.3) is 0 Å². The lowest BCUT2D eigenvalue weighted by Crippen LogP contribution is -2.37. The molecular formula is C11H20N2O. The van der Waals surface area contributed by atoms with Crippen molar-refractivity contribution in [3.8, 4) is 6.07 Å². The fraction of sp³-hybridized carbons (Fsp3) is 0.909. The first-order chi connectivity index (χ1) is 6.62. The third-order valence-corrected chi connectivity index (χ3v) is 3.29. The molecule has 1 aliphatic heterocycles. The van der Waals surface area contributed by atoms with Gasteiger partial charge in [0.1, 0.15) is 0 Å². The summed E-state index contributed by atoms with van der Waals surface area (Å²) in [5, 5.41) is 19.4. The molecular weight excluding hydrogens is 176 g/mol. The summed E-state index contributed by atoms with van der Waals surface area (Å²) in [6.45, 7) is 3.90. The van der Waals surface area contributed by atoms with E-state index >= 15 is 0 Å². The molecule has 14 heavy (non-hydrogen) atoms. The van der Waals surface area contributed by atoms with E-state index in [1.165, 1.54) is 0 Å². The molecule has 0 aromatic carbocycles. The zero-order valence-corrected chi connectivity index (χ0v) is 9.16. The predicted molar refractivity (Wildman–Crippen MR) is 55.7 cm³/mol. The second-order valence-corrected chi connectivity index (χ2v) is 4.35. The molecule has 3 heteroatoms. The number of hydrogen-bond acceptors (Lipinski definition) is 3. The molecule has 2 unspecified atom stereocenters. The molecule has 1 heterocycles. The Morgan fingerprint density at radius 1 is 1.50 bits per heavy atom. The summed E-state index contributed by atoms with van der Waals surface area (Å²) in [6, 6.07) is 2.24. The van der Waals surface area contributed by atoms with Crippen molar-refractivity contribution in [2.75, 3.05) is 20.1 Å². The van der Waals surface area contributed by atoms with Gasteiger partial charge in [-0.05, 0) is 39.3 Å². The first kappa shape index (κ1) is 11.5. The first-order valence-corrected chi connectivity index (χ1v) is 5.43. The van der Waals surface area contributed by atoms with Gasteiger partial charge in [0, 0.05) is 6.54 Å². The van der Waals surface area contributed by atoms with Crippen molar-refractivity contribution in [1.82, 2.24) is 4.90 Å². The maximum Gasteiger partial charge on any atom is 0.0817 e. The summed E-state index contributed by atoms with van der Waals surface area (Å²) in [6.07, 6.45) is 3.24. The summed E-state index contributed by atoms with van der Waals surface area (Å²) >= 11 is 0. The zero-order chi connectivity index (χ0) is 10.6. The van der Waals surface area contributed by atoms with Crippen LogP contribution in [0.1, 0.15) is 32.6 Å². The summed E-state index contributed by atoms with van der Waals surface area (Å²) in [5.41, 5.74) is -0.742. The number of nitriles is 1. The van der Waals surface area contributed by atoms with Gasteiger partial charge in [0.15, 0.2) is 0 Å². The first-order valence-electron chi connectivity index (χ1n) is 5.43. The van der Waals surface area contributed by atoms with Crippen LogP contribution in [-0.2, 0) is 0 Å². The van der Waals surface area contributed by atoms with Gasteiger partial charge in [-0.1, -0.05) is 6.92 Å². The van der Waals surface area contributed by atoms with E-state index in [-0.39, 0.29) is 5.92 Å². The topological polar surface area (TPSA) is 47.3 Å². The Balaban J connectivity index is 2.67. The Bertz CT molecular complexity index is 224.